The lowest BCUT2D eigenvalue weighted by molar-refractivity contribution is 0.201. The fourth-order valence-corrected chi connectivity index (χ4v) is 2.92. The van der Waals surface area contributed by atoms with Gasteiger partial charge in [0.15, 0.2) is 0 Å². The first kappa shape index (κ1) is 15.8. The molecule has 3 heterocycles. The zero-order chi connectivity index (χ0) is 16.2. The number of nitrogens with zero attached hydrogens (tertiary/aromatic N) is 5. The highest BCUT2D eigenvalue weighted by molar-refractivity contribution is 7.09. The maximum Gasteiger partial charge on any atom is 0.244 e. The van der Waals surface area contributed by atoms with E-state index in [0.29, 0.717) is 11.7 Å². The summed E-state index contributed by atoms with van der Waals surface area (Å²) >= 11 is 1.70. The topological polar surface area (TPSA) is 67.9 Å². The lowest BCUT2D eigenvalue weighted by Crippen LogP contribution is -2.22. The van der Waals surface area contributed by atoms with E-state index in [1.54, 1.807) is 23.7 Å². The molecule has 0 amide bonds. The summed E-state index contributed by atoms with van der Waals surface area (Å²) in [6.07, 6.45) is 4.42. The minimum Gasteiger partial charge on any atom is -0.337 e. The van der Waals surface area contributed by atoms with Crippen LogP contribution in [0.25, 0.3) is 11.4 Å². The Bertz CT molecular complexity index is 755. The van der Waals surface area contributed by atoms with E-state index >= 15 is 0 Å². The summed E-state index contributed by atoms with van der Waals surface area (Å²) in [6.45, 7) is 4.92. The third-order valence-electron chi connectivity index (χ3n) is 3.69. The molecule has 3 aromatic heterocycles. The molecule has 0 aliphatic carbocycles. The van der Waals surface area contributed by atoms with Crippen molar-refractivity contribution in [2.75, 3.05) is 7.05 Å². The van der Waals surface area contributed by atoms with Crippen molar-refractivity contribution in [1.82, 2.24) is 25.0 Å². The molecule has 120 valence electrons. The van der Waals surface area contributed by atoms with E-state index in [-0.39, 0.29) is 6.04 Å². The Morgan fingerprint density at radius 2 is 2.22 bits per heavy atom. The highest BCUT2D eigenvalue weighted by atomic mass is 32.1. The predicted molar refractivity (Wildman–Crippen MR) is 88.9 cm³/mol. The van der Waals surface area contributed by atoms with Crippen LogP contribution < -0.4 is 0 Å². The van der Waals surface area contributed by atoms with Crippen LogP contribution in [-0.2, 0) is 13.0 Å². The number of aromatic nitrogens is 4. The maximum absolute atomic E-state index is 5.42. The summed E-state index contributed by atoms with van der Waals surface area (Å²) in [6, 6.07) is 3.78. The Morgan fingerprint density at radius 3 is 2.91 bits per heavy atom. The normalized spacial score (nSPS) is 12.7. The van der Waals surface area contributed by atoms with Crippen molar-refractivity contribution in [2.24, 2.45) is 0 Å². The van der Waals surface area contributed by atoms with Crippen LogP contribution >= 0.6 is 11.3 Å². The van der Waals surface area contributed by atoms with Gasteiger partial charge in [-0.25, -0.2) is 4.98 Å². The maximum atomic E-state index is 5.42. The number of pyridine rings is 1. The average molecular weight is 329 g/mol. The highest BCUT2D eigenvalue weighted by Crippen LogP contribution is 2.22. The molecule has 0 unspecified atom stereocenters. The first-order chi connectivity index (χ1) is 11.2. The van der Waals surface area contributed by atoms with E-state index < -0.39 is 0 Å². The minimum absolute atomic E-state index is 0.0136. The predicted octanol–water partition coefficient (Wildman–Crippen LogP) is 3.34. The molecule has 1 atom stereocenters. The van der Waals surface area contributed by atoms with Crippen LogP contribution in [0.5, 0.6) is 0 Å². The van der Waals surface area contributed by atoms with Crippen molar-refractivity contribution in [3.8, 4) is 11.4 Å². The number of thiazole rings is 1. The molecule has 0 aliphatic rings. The summed E-state index contributed by atoms with van der Waals surface area (Å²) in [4.78, 5) is 15.3. The third-order valence-corrected chi connectivity index (χ3v) is 4.74. The quantitative estimate of drug-likeness (QED) is 0.691. The zero-order valence-corrected chi connectivity index (χ0v) is 14.2. The Hall–Kier alpha value is -2.12. The van der Waals surface area contributed by atoms with E-state index in [2.05, 4.69) is 37.3 Å². The van der Waals surface area contributed by atoms with Gasteiger partial charge >= 0.3 is 0 Å². The first-order valence-corrected chi connectivity index (χ1v) is 8.43. The number of hydrogen-bond acceptors (Lipinski definition) is 7. The van der Waals surface area contributed by atoms with E-state index in [1.165, 1.54) is 0 Å². The molecule has 6 nitrogen and oxygen atoms in total. The molecule has 0 aromatic carbocycles. The molecule has 3 rings (SSSR count). The van der Waals surface area contributed by atoms with Gasteiger partial charge in [0.25, 0.3) is 0 Å². The van der Waals surface area contributed by atoms with E-state index in [1.807, 2.05) is 26.1 Å². The van der Waals surface area contributed by atoms with E-state index in [9.17, 15) is 0 Å². The Balaban J connectivity index is 1.70. The van der Waals surface area contributed by atoms with Gasteiger partial charge in [-0.1, -0.05) is 12.1 Å². The fourth-order valence-electron chi connectivity index (χ4n) is 2.18. The van der Waals surface area contributed by atoms with Gasteiger partial charge in [-0.3, -0.25) is 9.88 Å². The largest absolute Gasteiger partial charge is 0.337 e. The molecule has 0 N–H and O–H groups in total. The molecule has 0 saturated carbocycles. The highest BCUT2D eigenvalue weighted by Gasteiger charge is 2.20. The molecule has 0 spiro atoms. The summed E-state index contributed by atoms with van der Waals surface area (Å²) in [5, 5.41) is 7.32. The van der Waals surface area contributed by atoms with Crippen molar-refractivity contribution in [2.45, 2.75) is 32.9 Å². The second-order valence-corrected chi connectivity index (χ2v) is 6.32. The lowest BCUT2D eigenvalue weighted by atomic mass is 10.2. The van der Waals surface area contributed by atoms with Crippen molar-refractivity contribution in [3.63, 3.8) is 0 Å². The van der Waals surface area contributed by atoms with Crippen LogP contribution in [0.15, 0.2) is 34.4 Å². The van der Waals surface area contributed by atoms with Crippen LogP contribution in [0.4, 0.5) is 0 Å². The Labute approximate surface area is 139 Å². The molecular formula is C16H19N5OS. The van der Waals surface area contributed by atoms with Gasteiger partial charge in [0.1, 0.15) is 0 Å². The van der Waals surface area contributed by atoms with Gasteiger partial charge in [0, 0.05) is 29.9 Å². The molecule has 7 heteroatoms. The van der Waals surface area contributed by atoms with Crippen molar-refractivity contribution < 1.29 is 4.52 Å². The van der Waals surface area contributed by atoms with Gasteiger partial charge in [-0.2, -0.15) is 4.98 Å². The van der Waals surface area contributed by atoms with Gasteiger partial charge in [-0.15, -0.1) is 11.3 Å². The molecule has 0 aliphatic heterocycles. The van der Waals surface area contributed by atoms with Gasteiger partial charge in [0.2, 0.25) is 11.7 Å². The number of hydrogen-bond donors (Lipinski definition) is 0. The van der Waals surface area contributed by atoms with Crippen molar-refractivity contribution in [1.29, 1.82) is 0 Å². The average Bonchev–Trinajstić information content (AvgIpc) is 3.24. The van der Waals surface area contributed by atoms with Gasteiger partial charge in [0.05, 0.1) is 16.7 Å². The summed E-state index contributed by atoms with van der Waals surface area (Å²) in [5.41, 5.74) is 1.93. The smallest absolute Gasteiger partial charge is 0.244 e. The van der Waals surface area contributed by atoms with Crippen LogP contribution in [0.2, 0.25) is 0 Å². The van der Waals surface area contributed by atoms with E-state index in [4.69, 9.17) is 4.52 Å². The second-order valence-electron chi connectivity index (χ2n) is 5.38. The third kappa shape index (κ3) is 3.62. The van der Waals surface area contributed by atoms with Crippen LogP contribution in [0.3, 0.4) is 0 Å². The van der Waals surface area contributed by atoms with Crippen LogP contribution in [-0.4, -0.2) is 32.1 Å². The van der Waals surface area contributed by atoms with Crippen molar-refractivity contribution in [3.05, 3.63) is 46.5 Å². The monoisotopic (exact) mass is 329 g/mol. The molecular weight excluding hydrogens is 310 g/mol. The van der Waals surface area contributed by atoms with Crippen LogP contribution in [0.1, 0.15) is 36.5 Å². The summed E-state index contributed by atoms with van der Waals surface area (Å²) in [7, 11) is 2.03. The number of aryl methyl sites for hydroxylation is 1. The van der Waals surface area contributed by atoms with Crippen molar-refractivity contribution >= 4 is 11.3 Å². The lowest BCUT2D eigenvalue weighted by Gasteiger charge is -2.20. The fraction of sp³-hybridized carbons (Fsp3) is 0.375. The number of rotatable bonds is 6. The summed E-state index contributed by atoms with van der Waals surface area (Å²) in [5.74, 6) is 1.16. The standard InChI is InChI=1S/C16H19N5OS/c1-4-14-18-13(10-23-14)9-21(3)11(2)16-19-15(20-22-16)12-6-5-7-17-8-12/h5-8,10-11H,4,9H2,1-3H3/t11-/m0/s1. The second kappa shape index (κ2) is 6.97. The molecule has 23 heavy (non-hydrogen) atoms. The zero-order valence-electron chi connectivity index (χ0n) is 13.4. The molecule has 3 aromatic rings. The van der Waals surface area contributed by atoms with Crippen LogP contribution in [0, 0.1) is 0 Å². The Kier molecular flexibility index (Phi) is 4.78. The molecule has 0 radical (unpaired) electrons. The van der Waals surface area contributed by atoms with Gasteiger partial charge in [-0.05, 0) is 32.5 Å². The molecule has 0 bridgehead atoms. The summed E-state index contributed by atoms with van der Waals surface area (Å²) < 4.78 is 5.42. The van der Waals surface area contributed by atoms with E-state index in [0.717, 1.165) is 29.2 Å². The van der Waals surface area contributed by atoms with Gasteiger partial charge < -0.3 is 4.52 Å². The minimum atomic E-state index is 0.0136. The molecule has 0 saturated heterocycles. The first-order valence-electron chi connectivity index (χ1n) is 7.55. The SMILES string of the molecule is CCc1nc(CN(C)[C@@H](C)c2nc(-c3cccnc3)no2)cs1. The Morgan fingerprint density at radius 1 is 1.35 bits per heavy atom. The molecule has 0 fully saturated rings.